The molecule has 1 unspecified atom stereocenters. The fourth-order valence-corrected chi connectivity index (χ4v) is 4.92. The zero-order chi connectivity index (χ0) is 21.7. The summed E-state index contributed by atoms with van der Waals surface area (Å²) in [5.41, 5.74) is 1.98. The summed E-state index contributed by atoms with van der Waals surface area (Å²) >= 11 is 0. The normalized spacial score (nSPS) is 17.0. The van der Waals surface area contributed by atoms with Gasteiger partial charge in [-0.3, -0.25) is 19.5 Å². The zero-order valence-electron chi connectivity index (χ0n) is 17.0. The van der Waals surface area contributed by atoms with Crippen LogP contribution in [0.1, 0.15) is 47.6 Å². The second-order valence-electron chi connectivity index (χ2n) is 7.51. The molecular weight excluding hydrogens is 412 g/mol. The molecule has 7 nitrogen and oxygen atoms in total. The number of carbonyl (C=O) groups excluding carboxylic acids is 1. The number of amides is 1. The first-order valence-electron chi connectivity index (χ1n) is 10.3. The Bertz CT molecular complexity index is 1120. The number of carbonyl (C=O) groups is 1. The number of aromatic nitrogens is 2. The average Bonchev–Trinajstić information content (AvgIpc) is 3.06. The van der Waals surface area contributed by atoms with E-state index in [2.05, 4.69) is 14.7 Å². The minimum Gasteiger partial charge on any atom is -0.332 e. The van der Waals surface area contributed by atoms with Crippen molar-refractivity contribution in [2.45, 2.75) is 36.6 Å². The van der Waals surface area contributed by atoms with E-state index in [4.69, 9.17) is 0 Å². The lowest BCUT2D eigenvalue weighted by molar-refractivity contribution is 0.0680. The lowest BCUT2D eigenvalue weighted by Gasteiger charge is -2.30. The molecule has 1 atom stereocenters. The van der Waals surface area contributed by atoms with Crippen molar-refractivity contribution in [3.63, 3.8) is 0 Å². The number of likely N-dealkylation sites (tertiary alicyclic amines) is 1. The van der Waals surface area contributed by atoms with Crippen molar-refractivity contribution in [3.8, 4) is 0 Å². The quantitative estimate of drug-likeness (QED) is 0.652. The molecule has 3 heterocycles. The van der Waals surface area contributed by atoms with Gasteiger partial charge in [0.15, 0.2) is 0 Å². The minimum absolute atomic E-state index is 0.00485. The smallest absolute Gasteiger partial charge is 0.261 e. The van der Waals surface area contributed by atoms with E-state index >= 15 is 0 Å². The molecule has 1 fully saturated rings. The first kappa shape index (κ1) is 21.0. The van der Waals surface area contributed by atoms with Gasteiger partial charge in [-0.2, -0.15) is 0 Å². The van der Waals surface area contributed by atoms with Crippen LogP contribution in [-0.4, -0.2) is 35.7 Å². The van der Waals surface area contributed by atoms with Gasteiger partial charge in [0.1, 0.15) is 0 Å². The van der Waals surface area contributed by atoms with Crippen molar-refractivity contribution in [2.75, 3.05) is 11.3 Å². The number of pyridine rings is 2. The second kappa shape index (κ2) is 9.26. The third-order valence-corrected chi connectivity index (χ3v) is 6.85. The van der Waals surface area contributed by atoms with Gasteiger partial charge in [0.2, 0.25) is 0 Å². The lowest BCUT2D eigenvalue weighted by Crippen LogP contribution is -2.34. The summed E-state index contributed by atoms with van der Waals surface area (Å²) in [6, 6.07) is 13.2. The predicted molar refractivity (Wildman–Crippen MR) is 118 cm³/mol. The van der Waals surface area contributed by atoms with E-state index in [0.717, 1.165) is 31.2 Å². The van der Waals surface area contributed by atoms with Crippen LogP contribution in [0.5, 0.6) is 0 Å². The fraction of sp³-hybridized carbons (Fsp3) is 0.261. The van der Waals surface area contributed by atoms with Crippen molar-refractivity contribution in [1.29, 1.82) is 0 Å². The molecule has 0 bridgehead atoms. The summed E-state index contributed by atoms with van der Waals surface area (Å²) in [5, 5.41) is 0. The second-order valence-corrected chi connectivity index (χ2v) is 9.19. The van der Waals surface area contributed by atoms with Crippen LogP contribution in [0.25, 0.3) is 0 Å². The largest absolute Gasteiger partial charge is 0.332 e. The Kier molecular flexibility index (Phi) is 6.27. The molecule has 4 rings (SSSR count). The molecule has 1 amide bonds. The Morgan fingerprint density at radius 1 is 0.871 bits per heavy atom. The fourth-order valence-electron chi connectivity index (χ4n) is 3.86. The molecular formula is C23H24N4O3S. The highest BCUT2D eigenvalue weighted by Crippen LogP contribution is 2.31. The SMILES string of the molecule is O=C(c1ccc(S(=O)(=O)Nc2ccncc2)cc1)N1CCCCCC1c1ccncc1. The van der Waals surface area contributed by atoms with Crippen molar-refractivity contribution in [2.24, 2.45) is 0 Å². The molecule has 160 valence electrons. The van der Waals surface area contributed by atoms with Gasteiger partial charge in [-0.05, 0) is 66.9 Å². The molecule has 3 aromatic rings. The monoisotopic (exact) mass is 436 g/mol. The van der Waals surface area contributed by atoms with Crippen LogP contribution in [0.4, 0.5) is 5.69 Å². The van der Waals surface area contributed by atoms with Gasteiger partial charge < -0.3 is 4.90 Å². The Morgan fingerprint density at radius 2 is 1.52 bits per heavy atom. The van der Waals surface area contributed by atoms with E-state index in [0.29, 0.717) is 17.8 Å². The van der Waals surface area contributed by atoms with E-state index < -0.39 is 10.0 Å². The van der Waals surface area contributed by atoms with E-state index in [9.17, 15) is 13.2 Å². The van der Waals surface area contributed by atoms with E-state index in [-0.39, 0.29) is 16.8 Å². The molecule has 0 saturated carbocycles. The van der Waals surface area contributed by atoms with Gasteiger partial charge in [0, 0.05) is 36.9 Å². The maximum atomic E-state index is 13.3. The summed E-state index contributed by atoms with van der Waals surface area (Å²) in [4.78, 5) is 23.3. The van der Waals surface area contributed by atoms with Crippen molar-refractivity contribution in [3.05, 3.63) is 84.4 Å². The van der Waals surface area contributed by atoms with Crippen LogP contribution in [0, 0.1) is 0 Å². The molecule has 0 spiro atoms. The predicted octanol–water partition coefficient (Wildman–Crippen LogP) is 4.03. The molecule has 1 aromatic carbocycles. The summed E-state index contributed by atoms with van der Waals surface area (Å²) in [7, 11) is -3.75. The number of benzene rings is 1. The molecule has 31 heavy (non-hydrogen) atoms. The van der Waals surface area contributed by atoms with Crippen LogP contribution in [-0.2, 0) is 10.0 Å². The molecule has 8 heteroatoms. The van der Waals surface area contributed by atoms with Crippen LogP contribution < -0.4 is 4.72 Å². The Hall–Kier alpha value is -3.26. The number of hydrogen-bond acceptors (Lipinski definition) is 5. The first-order chi connectivity index (χ1) is 15.0. The summed E-state index contributed by atoms with van der Waals surface area (Å²) in [6.07, 6.45) is 10.5. The minimum atomic E-state index is -3.75. The number of rotatable bonds is 5. The Balaban J connectivity index is 1.55. The number of nitrogens with one attached hydrogen (secondary N) is 1. The molecule has 2 aromatic heterocycles. The molecule has 0 aliphatic carbocycles. The molecule has 1 saturated heterocycles. The summed E-state index contributed by atoms with van der Waals surface area (Å²) in [6.45, 7) is 0.676. The summed E-state index contributed by atoms with van der Waals surface area (Å²) < 4.78 is 27.8. The highest BCUT2D eigenvalue weighted by molar-refractivity contribution is 7.92. The number of nitrogens with zero attached hydrogens (tertiary/aromatic N) is 3. The molecule has 1 aliphatic rings. The van der Waals surface area contributed by atoms with E-state index in [1.807, 2.05) is 17.0 Å². The number of hydrogen-bond donors (Lipinski definition) is 1. The van der Waals surface area contributed by atoms with E-state index in [1.54, 1.807) is 36.7 Å². The molecule has 1 aliphatic heterocycles. The van der Waals surface area contributed by atoms with E-state index in [1.165, 1.54) is 24.5 Å². The number of anilines is 1. The van der Waals surface area contributed by atoms with Crippen molar-refractivity contribution >= 4 is 21.6 Å². The van der Waals surface area contributed by atoms with Gasteiger partial charge in [0.05, 0.1) is 16.6 Å². The topological polar surface area (TPSA) is 92.3 Å². The first-order valence-corrected chi connectivity index (χ1v) is 11.8. The average molecular weight is 437 g/mol. The van der Waals surface area contributed by atoms with Crippen LogP contribution >= 0.6 is 0 Å². The maximum Gasteiger partial charge on any atom is 0.261 e. The Morgan fingerprint density at radius 3 is 2.19 bits per heavy atom. The lowest BCUT2D eigenvalue weighted by atomic mass is 10.0. The summed E-state index contributed by atoms with van der Waals surface area (Å²) in [5.74, 6) is -0.0882. The van der Waals surface area contributed by atoms with Crippen molar-refractivity contribution in [1.82, 2.24) is 14.9 Å². The molecule has 1 N–H and O–H groups in total. The van der Waals surface area contributed by atoms with Gasteiger partial charge in [-0.25, -0.2) is 8.42 Å². The van der Waals surface area contributed by atoms with Gasteiger partial charge in [0.25, 0.3) is 15.9 Å². The van der Waals surface area contributed by atoms with Crippen molar-refractivity contribution < 1.29 is 13.2 Å². The highest BCUT2D eigenvalue weighted by Gasteiger charge is 2.28. The molecule has 0 radical (unpaired) electrons. The standard InChI is InChI=1S/C23H24N4O3S/c28-23(27-17-3-1-2-4-22(27)18-9-13-24-14-10-18)19-5-7-21(8-6-19)31(29,30)26-20-11-15-25-16-12-20/h5-16,22H,1-4,17H2,(H,25,26). The van der Waals surface area contributed by atoms with Crippen LogP contribution in [0.15, 0.2) is 78.2 Å². The zero-order valence-corrected chi connectivity index (χ0v) is 17.8. The maximum absolute atomic E-state index is 13.3. The van der Waals surface area contributed by atoms with Gasteiger partial charge in [-0.1, -0.05) is 12.8 Å². The third-order valence-electron chi connectivity index (χ3n) is 5.45. The highest BCUT2D eigenvalue weighted by atomic mass is 32.2. The number of sulfonamides is 1. The third kappa shape index (κ3) is 4.91. The van der Waals surface area contributed by atoms with Gasteiger partial charge >= 0.3 is 0 Å². The van der Waals surface area contributed by atoms with Crippen LogP contribution in [0.2, 0.25) is 0 Å². The Labute approximate surface area is 182 Å². The van der Waals surface area contributed by atoms with Gasteiger partial charge in [-0.15, -0.1) is 0 Å². The van der Waals surface area contributed by atoms with Crippen LogP contribution in [0.3, 0.4) is 0 Å².